The summed E-state index contributed by atoms with van der Waals surface area (Å²) in [7, 11) is 0. The van der Waals surface area contributed by atoms with Crippen LogP contribution in [0.4, 0.5) is 0 Å². The van der Waals surface area contributed by atoms with Crippen molar-refractivity contribution >= 4 is 11.8 Å². The fourth-order valence-electron chi connectivity index (χ4n) is 2.38. The van der Waals surface area contributed by atoms with Gasteiger partial charge < -0.3 is 14.2 Å². The predicted octanol–water partition coefficient (Wildman–Crippen LogP) is 2.31. The number of hydrogen-bond donors (Lipinski definition) is 0. The first-order valence-electron chi connectivity index (χ1n) is 7.49. The number of ether oxygens (including phenoxy) is 3. The molecule has 0 unspecified atom stereocenters. The molecular formula is C17H26O5. The second kappa shape index (κ2) is 8.25. The van der Waals surface area contributed by atoms with Crippen molar-refractivity contribution in [2.75, 3.05) is 33.0 Å². The summed E-state index contributed by atoms with van der Waals surface area (Å²) in [4.78, 5) is 22.8. The molecule has 0 atom stereocenters. The average Bonchev–Trinajstić information content (AvgIpc) is 2.49. The highest BCUT2D eigenvalue weighted by Crippen LogP contribution is 2.31. The molecule has 5 heteroatoms. The lowest BCUT2D eigenvalue weighted by atomic mass is 9.84. The van der Waals surface area contributed by atoms with Gasteiger partial charge >= 0.3 is 5.97 Å². The average molecular weight is 310 g/mol. The normalized spacial score (nSPS) is 29.0. The molecule has 0 bridgehead atoms. The highest BCUT2D eigenvalue weighted by atomic mass is 16.5. The standard InChI is InChI=1S/C17H26O5/c1-5-14(18)8-16(4)9-20-11-17(7-3,12-21-10-16)13-22-15(19)6-2/h5-6H,1-2,7-13H2,3-4H3. The van der Waals surface area contributed by atoms with Crippen molar-refractivity contribution in [3.63, 3.8) is 0 Å². The van der Waals surface area contributed by atoms with E-state index < -0.39 is 5.97 Å². The molecule has 0 aliphatic carbocycles. The quantitative estimate of drug-likeness (QED) is 0.533. The molecule has 124 valence electrons. The smallest absolute Gasteiger partial charge is 0.330 e. The summed E-state index contributed by atoms with van der Waals surface area (Å²) >= 11 is 0. The number of hydrogen-bond acceptors (Lipinski definition) is 5. The predicted molar refractivity (Wildman–Crippen MR) is 83.4 cm³/mol. The molecule has 0 radical (unpaired) electrons. The van der Waals surface area contributed by atoms with E-state index >= 15 is 0 Å². The van der Waals surface area contributed by atoms with Crippen LogP contribution in [-0.4, -0.2) is 44.8 Å². The third kappa shape index (κ3) is 5.39. The van der Waals surface area contributed by atoms with Crippen LogP contribution in [0.1, 0.15) is 26.7 Å². The number of carbonyl (C=O) groups is 2. The monoisotopic (exact) mass is 310 g/mol. The first kappa shape index (κ1) is 18.6. The van der Waals surface area contributed by atoms with Crippen LogP contribution in [0.5, 0.6) is 0 Å². The van der Waals surface area contributed by atoms with Gasteiger partial charge in [0.1, 0.15) is 6.61 Å². The van der Waals surface area contributed by atoms with Gasteiger partial charge in [-0.05, 0) is 12.5 Å². The Morgan fingerprint density at radius 1 is 1.14 bits per heavy atom. The van der Waals surface area contributed by atoms with E-state index in [0.29, 0.717) is 32.8 Å². The molecule has 5 nitrogen and oxygen atoms in total. The van der Waals surface area contributed by atoms with E-state index in [1.54, 1.807) is 0 Å². The lowest BCUT2D eigenvalue weighted by Gasteiger charge is -2.38. The molecule has 0 saturated carbocycles. The van der Waals surface area contributed by atoms with Crippen LogP contribution < -0.4 is 0 Å². The summed E-state index contributed by atoms with van der Waals surface area (Å²) in [5.74, 6) is -0.465. The number of ketones is 1. The van der Waals surface area contributed by atoms with E-state index in [-0.39, 0.29) is 23.2 Å². The first-order chi connectivity index (χ1) is 10.4. The lowest BCUT2D eigenvalue weighted by molar-refractivity contribution is -0.155. The molecular weight excluding hydrogens is 284 g/mol. The van der Waals surface area contributed by atoms with Gasteiger partial charge in [0.25, 0.3) is 0 Å². The minimum Gasteiger partial charge on any atom is -0.462 e. The maximum atomic E-state index is 11.6. The van der Waals surface area contributed by atoms with Crippen LogP contribution >= 0.6 is 0 Å². The Kier molecular flexibility index (Phi) is 6.97. The molecule has 22 heavy (non-hydrogen) atoms. The molecule has 0 N–H and O–H groups in total. The van der Waals surface area contributed by atoms with Crippen LogP contribution in [-0.2, 0) is 23.8 Å². The van der Waals surface area contributed by atoms with Crippen LogP contribution in [0.25, 0.3) is 0 Å². The molecule has 1 rings (SSSR count). The maximum absolute atomic E-state index is 11.6. The molecule has 1 aliphatic rings. The van der Waals surface area contributed by atoms with Gasteiger partial charge in [-0.25, -0.2) is 4.79 Å². The summed E-state index contributed by atoms with van der Waals surface area (Å²) in [6, 6.07) is 0. The van der Waals surface area contributed by atoms with E-state index in [9.17, 15) is 9.59 Å². The third-order valence-corrected chi connectivity index (χ3v) is 3.98. The molecule has 0 amide bonds. The first-order valence-corrected chi connectivity index (χ1v) is 7.49. The molecule has 0 aromatic carbocycles. The maximum Gasteiger partial charge on any atom is 0.330 e. The van der Waals surface area contributed by atoms with Crippen molar-refractivity contribution in [2.45, 2.75) is 26.7 Å². The van der Waals surface area contributed by atoms with Gasteiger partial charge in [-0.2, -0.15) is 0 Å². The fraction of sp³-hybridized carbons (Fsp3) is 0.647. The zero-order chi connectivity index (χ0) is 16.6. The summed E-state index contributed by atoms with van der Waals surface area (Å²) in [6.07, 6.45) is 3.59. The summed E-state index contributed by atoms with van der Waals surface area (Å²) in [5.41, 5.74) is -0.717. The number of esters is 1. The van der Waals surface area contributed by atoms with Crippen LogP contribution in [0, 0.1) is 10.8 Å². The Bertz CT molecular complexity index is 417. The molecule has 1 heterocycles. The summed E-state index contributed by atoms with van der Waals surface area (Å²) < 4.78 is 16.8. The molecule has 1 fully saturated rings. The topological polar surface area (TPSA) is 61.8 Å². The van der Waals surface area contributed by atoms with Crippen molar-refractivity contribution in [2.24, 2.45) is 10.8 Å². The van der Waals surface area contributed by atoms with E-state index in [1.165, 1.54) is 6.08 Å². The third-order valence-electron chi connectivity index (χ3n) is 3.98. The highest BCUT2D eigenvalue weighted by Gasteiger charge is 2.37. The fourth-order valence-corrected chi connectivity index (χ4v) is 2.38. The summed E-state index contributed by atoms with van der Waals surface area (Å²) in [6.45, 7) is 12.8. The van der Waals surface area contributed by atoms with Crippen molar-refractivity contribution in [1.29, 1.82) is 0 Å². The van der Waals surface area contributed by atoms with E-state index in [4.69, 9.17) is 14.2 Å². The number of carbonyl (C=O) groups excluding carboxylic acids is 2. The van der Waals surface area contributed by atoms with E-state index in [2.05, 4.69) is 13.2 Å². The van der Waals surface area contributed by atoms with Crippen molar-refractivity contribution in [1.82, 2.24) is 0 Å². The largest absolute Gasteiger partial charge is 0.462 e. The molecule has 1 aliphatic heterocycles. The number of allylic oxidation sites excluding steroid dienone is 1. The lowest BCUT2D eigenvalue weighted by Crippen LogP contribution is -2.43. The Morgan fingerprint density at radius 3 is 2.18 bits per heavy atom. The Hall–Kier alpha value is -1.46. The Labute approximate surface area is 132 Å². The van der Waals surface area contributed by atoms with Gasteiger partial charge in [-0.3, -0.25) is 4.79 Å². The Balaban J connectivity index is 2.64. The SMILES string of the molecule is C=CC(=O)CC1(C)COCC(CC)(COC(=O)C=C)COC1. The second-order valence-corrected chi connectivity index (χ2v) is 6.31. The van der Waals surface area contributed by atoms with Crippen molar-refractivity contribution in [3.8, 4) is 0 Å². The minimum absolute atomic E-state index is 0.0167. The molecule has 0 spiro atoms. The van der Waals surface area contributed by atoms with Gasteiger partial charge in [-0.15, -0.1) is 0 Å². The van der Waals surface area contributed by atoms with Gasteiger partial charge in [0.2, 0.25) is 0 Å². The Morgan fingerprint density at radius 2 is 1.73 bits per heavy atom. The van der Waals surface area contributed by atoms with Crippen molar-refractivity contribution in [3.05, 3.63) is 25.3 Å². The minimum atomic E-state index is -0.448. The van der Waals surface area contributed by atoms with Gasteiger partial charge in [0, 0.05) is 17.9 Å². The number of rotatable bonds is 7. The van der Waals surface area contributed by atoms with Crippen LogP contribution in [0.3, 0.4) is 0 Å². The molecule has 0 aromatic rings. The van der Waals surface area contributed by atoms with Crippen LogP contribution in [0.15, 0.2) is 25.3 Å². The zero-order valence-corrected chi connectivity index (χ0v) is 13.6. The molecule has 1 saturated heterocycles. The van der Waals surface area contributed by atoms with Crippen molar-refractivity contribution < 1.29 is 23.8 Å². The van der Waals surface area contributed by atoms with Gasteiger partial charge in [-0.1, -0.05) is 27.0 Å². The molecule has 0 aromatic heterocycles. The van der Waals surface area contributed by atoms with Crippen LogP contribution in [0.2, 0.25) is 0 Å². The second-order valence-electron chi connectivity index (χ2n) is 6.31. The van der Waals surface area contributed by atoms with E-state index in [0.717, 1.165) is 12.5 Å². The van der Waals surface area contributed by atoms with Gasteiger partial charge in [0.15, 0.2) is 5.78 Å². The summed E-state index contributed by atoms with van der Waals surface area (Å²) in [5, 5.41) is 0. The highest BCUT2D eigenvalue weighted by molar-refractivity contribution is 5.89. The van der Waals surface area contributed by atoms with E-state index in [1.807, 2.05) is 13.8 Å². The zero-order valence-electron chi connectivity index (χ0n) is 13.6. The van der Waals surface area contributed by atoms with Gasteiger partial charge in [0.05, 0.1) is 31.8 Å².